The molecule has 0 radical (unpaired) electrons. The number of ether oxygens (including phenoxy) is 4. The van der Waals surface area contributed by atoms with Crippen LogP contribution in [0.3, 0.4) is 0 Å². The maximum absolute atomic E-state index is 12.3. The molecule has 2 aliphatic rings. The second-order valence-electron chi connectivity index (χ2n) is 8.04. The lowest BCUT2D eigenvalue weighted by molar-refractivity contribution is -0.150. The predicted molar refractivity (Wildman–Crippen MR) is 119 cm³/mol. The molecule has 2 aromatic rings. The molecular formula is C25H29NO6. The topological polar surface area (TPSA) is 83.1 Å². The van der Waals surface area contributed by atoms with E-state index in [0.717, 1.165) is 42.4 Å². The van der Waals surface area contributed by atoms with Crippen LogP contribution < -0.4 is 19.5 Å². The molecule has 1 heterocycles. The van der Waals surface area contributed by atoms with Gasteiger partial charge in [-0.1, -0.05) is 31.4 Å². The third-order valence-electron chi connectivity index (χ3n) is 6.15. The average molecular weight is 440 g/mol. The van der Waals surface area contributed by atoms with Crippen LogP contribution in [0.2, 0.25) is 0 Å². The highest BCUT2D eigenvalue weighted by Crippen LogP contribution is 2.46. The van der Waals surface area contributed by atoms with Crippen LogP contribution >= 0.6 is 0 Å². The molecule has 1 aliphatic carbocycles. The number of rotatable bonds is 8. The minimum atomic E-state index is -0.142. The zero-order valence-electron chi connectivity index (χ0n) is 18.6. The number of amides is 1. The van der Waals surface area contributed by atoms with Crippen LogP contribution in [0.1, 0.15) is 48.0 Å². The third kappa shape index (κ3) is 4.38. The summed E-state index contributed by atoms with van der Waals surface area (Å²) in [6.45, 7) is 0.792. The van der Waals surface area contributed by atoms with Gasteiger partial charge in [-0.15, -0.1) is 0 Å². The van der Waals surface area contributed by atoms with Crippen molar-refractivity contribution in [1.29, 1.82) is 0 Å². The highest BCUT2D eigenvalue weighted by Gasteiger charge is 2.26. The Morgan fingerprint density at radius 3 is 2.47 bits per heavy atom. The van der Waals surface area contributed by atoms with Gasteiger partial charge in [0.05, 0.1) is 20.1 Å². The van der Waals surface area contributed by atoms with Crippen molar-refractivity contribution in [2.75, 3.05) is 27.4 Å². The Morgan fingerprint density at radius 2 is 1.72 bits per heavy atom. The van der Waals surface area contributed by atoms with Gasteiger partial charge in [0.25, 0.3) is 5.91 Å². The van der Waals surface area contributed by atoms with Gasteiger partial charge in [-0.3, -0.25) is 9.59 Å². The molecule has 0 aromatic heterocycles. The van der Waals surface area contributed by atoms with Gasteiger partial charge < -0.3 is 24.3 Å². The van der Waals surface area contributed by atoms with E-state index in [-0.39, 0.29) is 31.0 Å². The number of benzene rings is 2. The summed E-state index contributed by atoms with van der Waals surface area (Å²) >= 11 is 0. The van der Waals surface area contributed by atoms with Crippen LogP contribution in [0.4, 0.5) is 0 Å². The van der Waals surface area contributed by atoms with Crippen LogP contribution in [-0.4, -0.2) is 39.3 Å². The number of fused-ring (bicyclic) bond motifs is 1. The van der Waals surface area contributed by atoms with Crippen molar-refractivity contribution >= 4 is 11.9 Å². The molecule has 1 aliphatic heterocycles. The first kappa shape index (κ1) is 22.0. The van der Waals surface area contributed by atoms with E-state index in [2.05, 4.69) is 5.32 Å². The summed E-state index contributed by atoms with van der Waals surface area (Å²) in [5, 5.41) is 2.87. The van der Waals surface area contributed by atoms with Crippen LogP contribution in [0.5, 0.6) is 17.2 Å². The Bertz CT molecular complexity index is 996. The average Bonchev–Trinajstić information content (AvgIpc) is 3.22. The van der Waals surface area contributed by atoms with Crippen molar-refractivity contribution in [1.82, 2.24) is 5.32 Å². The van der Waals surface area contributed by atoms with Crippen molar-refractivity contribution in [2.45, 2.75) is 38.6 Å². The first-order chi connectivity index (χ1) is 15.6. The van der Waals surface area contributed by atoms with Crippen molar-refractivity contribution < 1.29 is 28.5 Å². The van der Waals surface area contributed by atoms with Gasteiger partial charge in [-0.25, -0.2) is 0 Å². The number of carbonyl (C=O) groups is 2. The van der Waals surface area contributed by atoms with Crippen molar-refractivity contribution in [3.05, 3.63) is 41.5 Å². The first-order valence-electron chi connectivity index (χ1n) is 11.1. The van der Waals surface area contributed by atoms with E-state index in [1.807, 2.05) is 30.3 Å². The lowest BCUT2D eigenvalue weighted by Gasteiger charge is -2.21. The number of hydrogen-bond acceptors (Lipinski definition) is 6. The Morgan fingerprint density at radius 1 is 0.938 bits per heavy atom. The summed E-state index contributed by atoms with van der Waals surface area (Å²) < 4.78 is 22.6. The Balaban J connectivity index is 1.55. The number of methoxy groups -OCH3 is 2. The zero-order chi connectivity index (χ0) is 22.5. The fourth-order valence-electron chi connectivity index (χ4n) is 4.50. The molecule has 170 valence electrons. The summed E-state index contributed by atoms with van der Waals surface area (Å²) in [5.41, 5.74) is 3.24. The quantitative estimate of drug-likeness (QED) is 0.492. The highest BCUT2D eigenvalue weighted by atomic mass is 16.6. The smallest absolute Gasteiger partial charge is 0.309 e. The zero-order valence-corrected chi connectivity index (χ0v) is 18.6. The summed E-state index contributed by atoms with van der Waals surface area (Å²) in [6.07, 6.45) is 5.16. The van der Waals surface area contributed by atoms with Gasteiger partial charge in [-0.2, -0.15) is 0 Å². The number of esters is 1. The molecule has 1 N–H and O–H groups in total. The van der Waals surface area contributed by atoms with E-state index in [1.165, 1.54) is 6.42 Å². The minimum Gasteiger partial charge on any atom is -0.493 e. The molecule has 0 unspecified atom stereocenters. The van der Waals surface area contributed by atoms with E-state index < -0.39 is 0 Å². The van der Waals surface area contributed by atoms with E-state index >= 15 is 0 Å². The minimum absolute atomic E-state index is 0.00242. The maximum atomic E-state index is 12.3. The molecule has 0 bridgehead atoms. The summed E-state index contributed by atoms with van der Waals surface area (Å²) in [4.78, 5) is 24.4. The Hall–Kier alpha value is -3.22. The molecule has 0 saturated heterocycles. The van der Waals surface area contributed by atoms with Gasteiger partial charge in [0.15, 0.2) is 11.5 Å². The fraction of sp³-hybridized carbons (Fsp3) is 0.440. The molecule has 4 rings (SSSR count). The van der Waals surface area contributed by atoms with Gasteiger partial charge >= 0.3 is 5.97 Å². The van der Waals surface area contributed by atoms with Crippen LogP contribution in [-0.2, 0) is 16.1 Å². The lowest BCUT2D eigenvalue weighted by Crippen LogP contribution is -2.22. The lowest BCUT2D eigenvalue weighted by atomic mass is 9.89. The fourth-order valence-corrected chi connectivity index (χ4v) is 4.50. The number of carbonyl (C=O) groups excluding carboxylic acids is 2. The van der Waals surface area contributed by atoms with E-state index in [9.17, 15) is 9.59 Å². The summed E-state index contributed by atoms with van der Waals surface area (Å²) in [7, 11) is 3.12. The van der Waals surface area contributed by atoms with E-state index in [0.29, 0.717) is 29.4 Å². The van der Waals surface area contributed by atoms with Gasteiger partial charge in [0, 0.05) is 17.7 Å². The molecule has 2 aromatic carbocycles. The standard InChI is InChI=1S/C25H29NO6/c1-29-21-12-11-18(17-9-6-10-19-20(17)15-26-24(19)27)22(23(21)30-2)31-13-14-32-25(28)16-7-4-3-5-8-16/h6,9-12,16H,3-5,7-8,13-15H2,1-2H3,(H,26,27). The molecular weight excluding hydrogens is 410 g/mol. The molecule has 32 heavy (non-hydrogen) atoms. The summed E-state index contributed by atoms with van der Waals surface area (Å²) in [5.74, 6) is 1.26. The number of nitrogens with one attached hydrogen (secondary N) is 1. The van der Waals surface area contributed by atoms with Crippen LogP contribution in [0.15, 0.2) is 30.3 Å². The molecule has 0 spiro atoms. The van der Waals surface area contributed by atoms with Gasteiger partial charge in [0.1, 0.15) is 13.2 Å². The predicted octanol–water partition coefficient (Wildman–Crippen LogP) is 4.12. The normalized spacial score (nSPS) is 15.6. The van der Waals surface area contributed by atoms with E-state index in [1.54, 1.807) is 14.2 Å². The van der Waals surface area contributed by atoms with Crippen molar-refractivity contribution in [2.24, 2.45) is 5.92 Å². The molecule has 1 amide bonds. The van der Waals surface area contributed by atoms with Crippen molar-refractivity contribution in [3.63, 3.8) is 0 Å². The SMILES string of the molecule is COc1ccc(-c2cccc3c2CNC3=O)c(OCCOC(=O)C2CCCCC2)c1OC. The van der Waals surface area contributed by atoms with Gasteiger partial charge in [-0.05, 0) is 42.2 Å². The highest BCUT2D eigenvalue weighted by molar-refractivity contribution is 6.01. The maximum Gasteiger partial charge on any atom is 0.309 e. The number of hydrogen-bond donors (Lipinski definition) is 1. The Kier molecular flexibility index (Phi) is 6.83. The van der Waals surface area contributed by atoms with Crippen LogP contribution in [0, 0.1) is 5.92 Å². The molecule has 7 heteroatoms. The van der Waals surface area contributed by atoms with Gasteiger partial charge in [0.2, 0.25) is 5.75 Å². The first-order valence-corrected chi connectivity index (χ1v) is 11.1. The second kappa shape index (κ2) is 9.94. The second-order valence-corrected chi connectivity index (χ2v) is 8.04. The van der Waals surface area contributed by atoms with E-state index in [4.69, 9.17) is 18.9 Å². The monoisotopic (exact) mass is 439 g/mol. The largest absolute Gasteiger partial charge is 0.493 e. The molecule has 1 fully saturated rings. The van der Waals surface area contributed by atoms with Crippen LogP contribution in [0.25, 0.3) is 11.1 Å². The summed E-state index contributed by atoms with van der Waals surface area (Å²) in [6, 6.07) is 9.33. The van der Waals surface area contributed by atoms with Crippen molar-refractivity contribution in [3.8, 4) is 28.4 Å². The molecule has 1 saturated carbocycles. The Labute approximate surface area is 188 Å². The third-order valence-corrected chi connectivity index (χ3v) is 6.15. The molecule has 7 nitrogen and oxygen atoms in total. The molecule has 0 atom stereocenters.